The van der Waals surface area contributed by atoms with Crippen LogP contribution in [0.1, 0.15) is 78.1 Å². The first kappa shape index (κ1) is 22.4. The number of aromatic nitrogens is 1. The number of amides is 3. The van der Waals surface area contributed by atoms with Crippen molar-refractivity contribution >= 4 is 23.9 Å². The Balaban J connectivity index is 1.94. The first-order chi connectivity index (χ1) is 13.7. The van der Waals surface area contributed by atoms with Gasteiger partial charge in [-0.25, -0.2) is 14.4 Å². The number of hydrogen-bond acceptors (Lipinski definition) is 6. The van der Waals surface area contributed by atoms with Crippen molar-refractivity contribution < 1.29 is 28.7 Å². The van der Waals surface area contributed by atoms with Gasteiger partial charge >= 0.3 is 18.0 Å². The molecule has 160 valence electrons. The fourth-order valence-electron chi connectivity index (χ4n) is 3.42. The van der Waals surface area contributed by atoms with E-state index >= 15 is 0 Å². The maximum atomic E-state index is 12.4. The molecule has 9 heteroatoms. The van der Waals surface area contributed by atoms with Gasteiger partial charge in [-0.2, -0.15) is 0 Å². The van der Waals surface area contributed by atoms with E-state index in [1.54, 1.807) is 20.8 Å². The Morgan fingerprint density at radius 2 is 1.76 bits per heavy atom. The Morgan fingerprint density at radius 1 is 1.10 bits per heavy atom. The molecule has 0 spiro atoms. The molecule has 1 fully saturated rings. The van der Waals surface area contributed by atoms with Crippen molar-refractivity contribution in [3.63, 3.8) is 0 Å². The number of ether oxygens (including phenoxy) is 2. The minimum Gasteiger partial charge on any atom is -0.462 e. The Hall–Kier alpha value is -2.84. The Kier molecular flexibility index (Phi) is 7.81. The van der Waals surface area contributed by atoms with Gasteiger partial charge in [0.05, 0.1) is 12.2 Å². The maximum absolute atomic E-state index is 12.4. The molecule has 1 heterocycles. The highest BCUT2D eigenvalue weighted by Gasteiger charge is 2.27. The molecular weight excluding hydrogens is 378 g/mol. The van der Waals surface area contributed by atoms with Gasteiger partial charge in [0.2, 0.25) is 0 Å². The number of aryl methyl sites for hydroxylation is 1. The molecule has 3 N–H and O–H groups in total. The van der Waals surface area contributed by atoms with Gasteiger partial charge in [0.1, 0.15) is 5.69 Å². The van der Waals surface area contributed by atoms with Crippen LogP contribution in [-0.4, -0.2) is 47.6 Å². The number of carbonyl (C=O) groups is 4. The highest BCUT2D eigenvalue weighted by Crippen LogP contribution is 2.20. The molecule has 0 aliphatic heterocycles. The van der Waals surface area contributed by atoms with E-state index < -0.39 is 30.0 Å². The van der Waals surface area contributed by atoms with E-state index in [0.29, 0.717) is 11.3 Å². The van der Waals surface area contributed by atoms with Crippen LogP contribution >= 0.6 is 0 Å². The number of hydrogen-bond donors (Lipinski definition) is 3. The van der Waals surface area contributed by atoms with Crippen molar-refractivity contribution in [1.82, 2.24) is 15.6 Å². The molecule has 0 unspecified atom stereocenters. The van der Waals surface area contributed by atoms with Gasteiger partial charge in [-0.3, -0.25) is 10.1 Å². The average molecular weight is 407 g/mol. The summed E-state index contributed by atoms with van der Waals surface area (Å²) in [5.74, 6) is -2.06. The molecule has 9 nitrogen and oxygen atoms in total. The summed E-state index contributed by atoms with van der Waals surface area (Å²) in [6, 6.07) is -0.540. The molecule has 2 rings (SSSR count). The van der Waals surface area contributed by atoms with E-state index in [-0.39, 0.29) is 23.9 Å². The molecule has 1 saturated carbocycles. The Labute approximate surface area is 169 Å². The fourth-order valence-corrected chi connectivity index (χ4v) is 3.42. The number of aromatic amines is 1. The SMILES string of the molecule is CCOC(=O)c1c(C)[nH]c(C(=O)O[C@@H](C)C(=O)NC(=O)NC2CCCCC2)c1C. The lowest BCUT2D eigenvalue weighted by atomic mass is 9.96. The van der Waals surface area contributed by atoms with Crippen LogP contribution in [0.15, 0.2) is 0 Å². The summed E-state index contributed by atoms with van der Waals surface area (Å²) in [6.07, 6.45) is 3.85. The summed E-state index contributed by atoms with van der Waals surface area (Å²) in [4.78, 5) is 51.4. The van der Waals surface area contributed by atoms with Crippen molar-refractivity contribution in [2.24, 2.45) is 0 Å². The van der Waals surface area contributed by atoms with Crippen LogP contribution in [0.5, 0.6) is 0 Å². The number of imide groups is 1. The van der Waals surface area contributed by atoms with Crippen LogP contribution in [0.25, 0.3) is 0 Å². The molecule has 1 aromatic heterocycles. The monoisotopic (exact) mass is 407 g/mol. The smallest absolute Gasteiger partial charge is 0.355 e. The third-order valence-electron chi connectivity index (χ3n) is 4.95. The highest BCUT2D eigenvalue weighted by atomic mass is 16.5. The van der Waals surface area contributed by atoms with Gasteiger partial charge in [0, 0.05) is 11.7 Å². The molecular formula is C20H29N3O6. The standard InChI is InChI=1S/C20H29N3O6/c1-5-28-18(25)15-11(2)16(21-12(15)3)19(26)29-13(4)17(24)23-20(27)22-14-9-7-6-8-10-14/h13-14,21H,5-10H2,1-4H3,(H2,22,23,24,27)/t13-/m0/s1. The first-order valence-corrected chi connectivity index (χ1v) is 9.93. The van der Waals surface area contributed by atoms with Gasteiger partial charge in [0.25, 0.3) is 5.91 Å². The van der Waals surface area contributed by atoms with Crippen molar-refractivity contribution in [1.29, 1.82) is 0 Å². The summed E-state index contributed by atoms with van der Waals surface area (Å²) in [7, 11) is 0. The van der Waals surface area contributed by atoms with E-state index in [1.165, 1.54) is 6.92 Å². The number of carbonyl (C=O) groups excluding carboxylic acids is 4. The minimum absolute atomic E-state index is 0.0558. The Morgan fingerprint density at radius 3 is 2.38 bits per heavy atom. The zero-order chi connectivity index (χ0) is 21.6. The molecule has 29 heavy (non-hydrogen) atoms. The van der Waals surface area contributed by atoms with Crippen LogP contribution in [-0.2, 0) is 14.3 Å². The fraction of sp³-hybridized carbons (Fsp3) is 0.600. The molecule has 1 aliphatic rings. The molecule has 0 radical (unpaired) electrons. The van der Waals surface area contributed by atoms with Crippen LogP contribution in [0.2, 0.25) is 0 Å². The van der Waals surface area contributed by atoms with Crippen molar-refractivity contribution in [3.8, 4) is 0 Å². The third kappa shape index (κ3) is 5.82. The molecule has 0 aromatic carbocycles. The van der Waals surface area contributed by atoms with Crippen molar-refractivity contribution in [2.45, 2.75) is 71.9 Å². The lowest BCUT2D eigenvalue weighted by Gasteiger charge is -2.23. The van der Waals surface area contributed by atoms with E-state index in [9.17, 15) is 19.2 Å². The normalized spacial score (nSPS) is 15.3. The highest BCUT2D eigenvalue weighted by molar-refractivity contribution is 6.00. The van der Waals surface area contributed by atoms with Crippen LogP contribution < -0.4 is 10.6 Å². The number of urea groups is 1. The van der Waals surface area contributed by atoms with Crippen LogP contribution in [0, 0.1) is 13.8 Å². The zero-order valence-electron chi connectivity index (χ0n) is 17.3. The Bertz CT molecular complexity index is 779. The summed E-state index contributed by atoms with van der Waals surface area (Å²) in [6.45, 7) is 6.51. The zero-order valence-corrected chi connectivity index (χ0v) is 17.3. The number of esters is 2. The largest absolute Gasteiger partial charge is 0.462 e. The predicted molar refractivity (Wildman–Crippen MR) is 105 cm³/mol. The molecule has 1 aromatic rings. The second-order valence-electron chi connectivity index (χ2n) is 7.19. The second-order valence-corrected chi connectivity index (χ2v) is 7.19. The average Bonchev–Trinajstić information content (AvgIpc) is 2.96. The molecule has 1 atom stereocenters. The van der Waals surface area contributed by atoms with Gasteiger partial charge < -0.3 is 19.8 Å². The van der Waals surface area contributed by atoms with E-state index in [2.05, 4.69) is 15.6 Å². The summed E-state index contributed by atoms with van der Waals surface area (Å²) >= 11 is 0. The number of H-pyrrole nitrogens is 1. The van der Waals surface area contributed by atoms with Gasteiger partial charge in [-0.15, -0.1) is 0 Å². The second kappa shape index (κ2) is 10.1. The van der Waals surface area contributed by atoms with Gasteiger partial charge in [-0.1, -0.05) is 19.3 Å². The van der Waals surface area contributed by atoms with E-state index in [4.69, 9.17) is 9.47 Å². The first-order valence-electron chi connectivity index (χ1n) is 9.93. The molecule has 3 amide bonds. The summed E-state index contributed by atoms with van der Waals surface area (Å²) < 4.78 is 10.2. The summed E-state index contributed by atoms with van der Waals surface area (Å²) in [5, 5.41) is 4.96. The number of rotatable bonds is 6. The lowest BCUT2D eigenvalue weighted by molar-refractivity contribution is -0.127. The minimum atomic E-state index is -1.19. The molecule has 0 bridgehead atoms. The van der Waals surface area contributed by atoms with E-state index in [0.717, 1.165) is 32.1 Å². The maximum Gasteiger partial charge on any atom is 0.355 e. The quantitative estimate of drug-likeness (QED) is 0.622. The molecule has 1 aliphatic carbocycles. The van der Waals surface area contributed by atoms with Crippen molar-refractivity contribution in [2.75, 3.05) is 6.61 Å². The third-order valence-corrected chi connectivity index (χ3v) is 4.95. The topological polar surface area (TPSA) is 127 Å². The van der Waals surface area contributed by atoms with Crippen molar-refractivity contribution in [3.05, 3.63) is 22.5 Å². The van der Waals surface area contributed by atoms with Crippen LogP contribution in [0.3, 0.4) is 0 Å². The molecule has 0 saturated heterocycles. The van der Waals surface area contributed by atoms with Gasteiger partial charge in [0.15, 0.2) is 6.10 Å². The van der Waals surface area contributed by atoms with Gasteiger partial charge in [-0.05, 0) is 46.1 Å². The van der Waals surface area contributed by atoms with E-state index in [1.807, 2.05) is 0 Å². The van der Waals surface area contributed by atoms with Crippen LogP contribution in [0.4, 0.5) is 4.79 Å². The predicted octanol–water partition coefficient (Wildman–Crippen LogP) is 2.51. The summed E-state index contributed by atoms with van der Waals surface area (Å²) in [5.41, 5.74) is 1.19. The lowest BCUT2D eigenvalue weighted by Crippen LogP contribution is -2.48. The number of nitrogens with one attached hydrogen (secondary N) is 3.